The summed E-state index contributed by atoms with van der Waals surface area (Å²) in [7, 11) is 2.27. The summed E-state index contributed by atoms with van der Waals surface area (Å²) in [6.07, 6.45) is 0.530. The van der Waals surface area contributed by atoms with Crippen molar-refractivity contribution in [2.75, 3.05) is 14.2 Å². The molecule has 1 saturated carbocycles. The van der Waals surface area contributed by atoms with Gasteiger partial charge >= 0.3 is 11.9 Å². The molecule has 0 heterocycles. The average molecular weight is 280 g/mol. The first-order chi connectivity index (χ1) is 9.53. The molecule has 0 N–H and O–H groups in total. The second-order valence-corrected chi connectivity index (χ2v) is 4.54. The third kappa shape index (κ3) is 1.79. The summed E-state index contributed by atoms with van der Waals surface area (Å²) >= 11 is 0. The third-order valence-corrected chi connectivity index (χ3v) is 3.69. The van der Waals surface area contributed by atoms with Crippen molar-refractivity contribution in [2.45, 2.75) is 5.92 Å². The van der Waals surface area contributed by atoms with Crippen molar-refractivity contribution < 1.29 is 28.2 Å². The summed E-state index contributed by atoms with van der Waals surface area (Å²) in [4.78, 5) is 35.1. The molecule has 0 unspecified atom stereocenters. The van der Waals surface area contributed by atoms with Crippen molar-refractivity contribution in [3.8, 4) is 0 Å². The molecule has 1 aliphatic carbocycles. The van der Waals surface area contributed by atoms with E-state index in [-0.39, 0.29) is 0 Å². The van der Waals surface area contributed by atoms with Crippen molar-refractivity contribution in [2.24, 2.45) is 11.3 Å². The second-order valence-electron chi connectivity index (χ2n) is 4.54. The van der Waals surface area contributed by atoms with Crippen LogP contribution in [-0.2, 0) is 23.9 Å². The zero-order valence-corrected chi connectivity index (χ0v) is 11.0. The summed E-state index contributed by atoms with van der Waals surface area (Å²) < 4.78 is 22.2. The molecule has 0 bridgehead atoms. The van der Waals surface area contributed by atoms with Crippen molar-refractivity contribution in [3.05, 3.63) is 35.6 Å². The highest BCUT2D eigenvalue weighted by atomic mass is 19.1. The van der Waals surface area contributed by atoms with E-state index in [0.29, 0.717) is 11.8 Å². The van der Waals surface area contributed by atoms with Gasteiger partial charge in [0.2, 0.25) is 0 Å². The summed E-state index contributed by atoms with van der Waals surface area (Å²) in [6.45, 7) is 0. The molecule has 1 aromatic carbocycles. The standard InChI is InChI=1S/C14H13FO5/c1-19-12(17)14(13(18)20-2)10(7-16)11(14)8-3-5-9(15)6-4-8/h3-7,10-11H,1-2H3/t10-,11-/m1/s1. The summed E-state index contributed by atoms with van der Waals surface area (Å²) in [6, 6.07) is 5.28. The van der Waals surface area contributed by atoms with Gasteiger partial charge in [0, 0.05) is 5.92 Å². The fourth-order valence-electron chi connectivity index (χ4n) is 2.69. The first-order valence-electron chi connectivity index (χ1n) is 5.91. The molecule has 0 aliphatic heterocycles. The van der Waals surface area contributed by atoms with E-state index in [1.807, 2.05) is 0 Å². The van der Waals surface area contributed by atoms with Gasteiger partial charge < -0.3 is 14.3 Å². The normalized spacial score (nSPS) is 22.8. The van der Waals surface area contributed by atoms with E-state index in [2.05, 4.69) is 9.47 Å². The molecule has 106 valence electrons. The predicted octanol–water partition coefficient (Wildman–Crippen LogP) is 1.07. The van der Waals surface area contributed by atoms with Gasteiger partial charge in [0.05, 0.1) is 20.1 Å². The van der Waals surface area contributed by atoms with Crippen LogP contribution in [0.15, 0.2) is 24.3 Å². The van der Waals surface area contributed by atoms with Gasteiger partial charge in [-0.1, -0.05) is 12.1 Å². The van der Waals surface area contributed by atoms with E-state index in [4.69, 9.17) is 0 Å². The minimum absolute atomic E-state index is 0.446. The molecule has 5 nitrogen and oxygen atoms in total. The topological polar surface area (TPSA) is 69.7 Å². The molecule has 1 aliphatic rings. The number of esters is 2. The van der Waals surface area contributed by atoms with E-state index in [1.165, 1.54) is 24.3 Å². The van der Waals surface area contributed by atoms with Crippen molar-refractivity contribution >= 4 is 18.2 Å². The van der Waals surface area contributed by atoms with Gasteiger partial charge in [-0.05, 0) is 17.7 Å². The van der Waals surface area contributed by atoms with Crippen LogP contribution in [0.4, 0.5) is 4.39 Å². The fraction of sp³-hybridized carbons (Fsp3) is 0.357. The molecule has 2 rings (SSSR count). The van der Waals surface area contributed by atoms with E-state index in [1.54, 1.807) is 0 Å². The van der Waals surface area contributed by atoms with Crippen LogP contribution in [0.3, 0.4) is 0 Å². The van der Waals surface area contributed by atoms with Gasteiger partial charge in [-0.2, -0.15) is 0 Å². The maximum absolute atomic E-state index is 12.9. The van der Waals surface area contributed by atoms with Crippen LogP contribution in [0.2, 0.25) is 0 Å². The highest BCUT2D eigenvalue weighted by Crippen LogP contribution is 2.65. The summed E-state index contributed by atoms with van der Waals surface area (Å²) in [5.74, 6) is -3.65. The molecular formula is C14H13FO5. The number of ether oxygens (including phenoxy) is 2. The molecule has 0 saturated heterocycles. The van der Waals surface area contributed by atoms with E-state index in [9.17, 15) is 18.8 Å². The van der Waals surface area contributed by atoms with E-state index >= 15 is 0 Å². The number of aldehydes is 1. The van der Waals surface area contributed by atoms with Crippen molar-refractivity contribution in [3.63, 3.8) is 0 Å². The monoisotopic (exact) mass is 280 g/mol. The van der Waals surface area contributed by atoms with Gasteiger partial charge in [-0.3, -0.25) is 9.59 Å². The number of rotatable bonds is 4. The number of benzene rings is 1. The second kappa shape index (κ2) is 5.03. The van der Waals surface area contributed by atoms with Crippen LogP contribution < -0.4 is 0 Å². The van der Waals surface area contributed by atoms with Gasteiger partial charge in [0.1, 0.15) is 12.1 Å². The van der Waals surface area contributed by atoms with Gasteiger partial charge in [0.15, 0.2) is 5.41 Å². The minimum atomic E-state index is -1.66. The molecule has 0 spiro atoms. The number of carbonyl (C=O) groups is 3. The largest absolute Gasteiger partial charge is 0.468 e. The highest BCUT2D eigenvalue weighted by Gasteiger charge is 2.77. The van der Waals surface area contributed by atoms with Crippen LogP contribution >= 0.6 is 0 Å². The Kier molecular flexibility index (Phi) is 3.57. The van der Waals surface area contributed by atoms with Crippen LogP contribution in [0.1, 0.15) is 11.5 Å². The number of carbonyl (C=O) groups excluding carboxylic acids is 3. The molecule has 1 aromatic rings. The van der Waals surface area contributed by atoms with Crippen LogP contribution in [0.25, 0.3) is 0 Å². The lowest BCUT2D eigenvalue weighted by Gasteiger charge is -2.12. The first kappa shape index (κ1) is 14.2. The number of hydrogen-bond donors (Lipinski definition) is 0. The Bertz CT molecular complexity index is 535. The Morgan fingerprint density at radius 2 is 1.65 bits per heavy atom. The van der Waals surface area contributed by atoms with Gasteiger partial charge in [-0.25, -0.2) is 4.39 Å². The lowest BCUT2D eigenvalue weighted by molar-refractivity contribution is -0.162. The number of hydrogen-bond acceptors (Lipinski definition) is 5. The van der Waals surface area contributed by atoms with Crippen LogP contribution in [-0.4, -0.2) is 32.4 Å². The Labute approximate surface area is 114 Å². The SMILES string of the molecule is COC(=O)C1(C(=O)OC)[C@H](C=O)[C@H]1c1ccc(F)cc1. The van der Waals surface area contributed by atoms with Crippen LogP contribution in [0.5, 0.6) is 0 Å². The summed E-state index contributed by atoms with van der Waals surface area (Å²) in [5, 5.41) is 0. The molecule has 0 aromatic heterocycles. The first-order valence-corrected chi connectivity index (χ1v) is 5.91. The average Bonchev–Trinajstić information content (AvgIpc) is 3.16. The molecule has 20 heavy (non-hydrogen) atoms. The fourth-order valence-corrected chi connectivity index (χ4v) is 2.69. The maximum atomic E-state index is 12.9. The smallest absolute Gasteiger partial charge is 0.324 e. The molecule has 6 heteroatoms. The van der Waals surface area contributed by atoms with Gasteiger partial charge in [0.25, 0.3) is 0 Å². The van der Waals surface area contributed by atoms with E-state index in [0.717, 1.165) is 14.2 Å². The van der Waals surface area contributed by atoms with E-state index < -0.39 is 35.0 Å². The van der Waals surface area contributed by atoms with Gasteiger partial charge in [-0.15, -0.1) is 0 Å². The quantitative estimate of drug-likeness (QED) is 0.469. The Morgan fingerprint density at radius 1 is 1.15 bits per heavy atom. The number of halogens is 1. The van der Waals surface area contributed by atoms with Crippen molar-refractivity contribution in [1.82, 2.24) is 0 Å². The van der Waals surface area contributed by atoms with Crippen LogP contribution in [0, 0.1) is 17.2 Å². The minimum Gasteiger partial charge on any atom is -0.468 e. The highest BCUT2D eigenvalue weighted by molar-refractivity contribution is 6.09. The zero-order chi connectivity index (χ0) is 14.9. The third-order valence-electron chi connectivity index (χ3n) is 3.69. The lowest BCUT2D eigenvalue weighted by atomic mass is 9.99. The zero-order valence-electron chi connectivity index (χ0n) is 11.0. The Balaban J connectivity index is 2.47. The van der Waals surface area contributed by atoms with Crippen molar-refractivity contribution in [1.29, 1.82) is 0 Å². The summed E-state index contributed by atoms with van der Waals surface area (Å²) in [5.41, 5.74) is -1.15. The predicted molar refractivity (Wildman–Crippen MR) is 65.2 cm³/mol. The Morgan fingerprint density at radius 3 is 2.05 bits per heavy atom. The lowest BCUT2D eigenvalue weighted by Crippen LogP contribution is -2.32. The molecule has 0 radical (unpaired) electrons. The Hall–Kier alpha value is -2.24. The molecular weight excluding hydrogens is 267 g/mol. The molecule has 2 atom stereocenters. The molecule has 0 amide bonds. The maximum Gasteiger partial charge on any atom is 0.324 e. The number of methoxy groups -OCH3 is 2. The molecule has 1 fully saturated rings.